The van der Waals surface area contributed by atoms with Crippen LogP contribution in [0.2, 0.25) is 0 Å². The second-order valence-electron chi connectivity index (χ2n) is 5.40. The first-order valence-corrected chi connectivity index (χ1v) is 7.75. The minimum atomic E-state index is -0.505. The average molecular weight is 319 g/mol. The van der Waals surface area contributed by atoms with Gasteiger partial charge in [-0.15, -0.1) is 0 Å². The van der Waals surface area contributed by atoms with Gasteiger partial charge in [0, 0.05) is 11.9 Å². The summed E-state index contributed by atoms with van der Waals surface area (Å²) in [5.41, 5.74) is 0.798. The first-order chi connectivity index (χ1) is 11.6. The molecule has 24 heavy (non-hydrogen) atoms. The molecule has 0 spiro atoms. The van der Waals surface area contributed by atoms with Gasteiger partial charge in [-0.05, 0) is 30.7 Å². The molecule has 0 atom stereocenters. The molecule has 4 heteroatoms. The van der Waals surface area contributed by atoms with Gasteiger partial charge in [0.1, 0.15) is 11.3 Å². The quantitative estimate of drug-likeness (QED) is 0.590. The van der Waals surface area contributed by atoms with Gasteiger partial charge in [0.15, 0.2) is 5.78 Å². The van der Waals surface area contributed by atoms with E-state index >= 15 is 0 Å². The third-order valence-corrected chi connectivity index (χ3v) is 3.94. The molecule has 0 aliphatic rings. The Labute approximate surface area is 139 Å². The molecular formula is C20H17NO3. The Morgan fingerprint density at radius 2 is 1.75 bits per heavy atom. The van der Waals surface area contributed by atoms with E-state index in [-0.39, 0.29) is 11.3 Å². The van der Waals surface area contributed by atoms with Crippen LogP contribution >= 0.6 is 0 Å². The summed E-state index contributed by atoms with van der Waals surface area (Å²) in [6.45, 7) is 2.25. The van der Waals surface area contributed by atoms with Gasteiger partial charge in [-0.1, -0.05) is 48.5 Å². The maximum absolute atomic E-state index is 12.6. The van der Waals surface area contributed by atoms with E-state index in [0.717, 1.165) is 5.56 Å². The Balaban J connectivity index is 2.14. The van der Waals surface area contributed by atoms with Gasteiger partial charge in [-0.2, -0.15) is 0 Å². The summed E-state index contributed by atoms with van der Waals surface area (Å²) in [6, 6.07) is 16.3. The van der Waals surface area contributed by atoms with Crippen LogP contribution in [-0.4, -0.2) is 15.5 Å². The minimum Gasteiger partial charge on any atom is -0.506 e. The number of rotatable bonds is 4. The average Bonchev–Trinajstić information content (AvgIpc) is 2.61. The molecule has 0 radical (unpaired) electrons. The SMILES string of the molecule is CCn1c(=O)c(C(=O)/C=C/c2ccccc2)c(O)c2ccccc21. The van der Waals surface area contributed by atoms with Crippen LogP contribution in [0.4, 0.5) is 0 Å². The molecule has 1 heterocycles. The molecule has 120 valence electrons. The number of aryl methyl sites for hydroxylation is 1. The molecule has 3 rings (SSSR count). The van der Waals surface area contributed by atoms with Crippen molar-refractivity contribution in [3.05, 3.63) is 82.2 Å². The van der Waals surface area contributed by atoms with Crippen LogP contribution in [-0.2, 0) is 6.54 Å². The molecule has 0 aliphatic heterocycles. The predicted octanol–water partition coefficient (Wildman–Crippen LogP) is 3.62. The van der Waals surface area contributed by atoms with E-state index in [4.69, 9.17) is 0 Å². The third kappa shape index (κ3) is 2.74. The lowest BCUT2D eigenvalue weighted by atomic mass is 10.1. The van der Waals surface area contributed by atoms with Gasteiger partial charge in [0.05, 0.1) is 5.52 Å². The maximum atomic E-state index is 12.6. The molecule has 4 nitrogen and oxygen atoms in total. The van der Waals surface area contributed by atoms with Gasteiger partial charge in [0.25, 0.3) is 5.56 Å². The van der Waals surface area contributed by atoms with Crippen LogP contribution in [0.15, 0.2) is 65.5 Å². The van der Waals surface area contributed by atoms with Crippen molar-refractivity contribution in [2.45, 2.75) is 13.5 Å². The van der Waals surface area contributed by atoms with Crippen molar-refractivity contribution >= 4 is 22.8 Å². The standard InChI is InChI=1S/C20H17NO3/c1-2-21-16-11-7-6-10-15(16)19(23)18(20(21)24)17(22)13-12-14-8-4-3-5-9-14/h3-13,23H,2H2,1H3/b13-12+. The second-order valence-corrected chi connectivity index (χ2v) is 5.40. The molecule has 0 saturated carbocycles. The third-order valence-electron chi connectivity index (χ3n) is 3.94. The zero-order valence-electron chi connectivity index (χ0n) is 13.3. The van der Waals surface area contributed by atoms with Crippen molar-refractivity contribution in [2.24, 2.45) is 0 Å². The highest BCUT2D eigenvalue weighted by molar-refractivity contribution is 6.11. The number of benzene rings is 2. The van der Waals surface area contributed by atoms with E-state index in [2.05, 4.69) is 0 Å². The van der Waals surface area contributed by atoms with Crippen LogP contribution in [0, 0.1) is 0 Å². The normalized spacial score (nSPS) is 11.2. The number of fused-ring (bicyclic) bond motifs is 1. The van der Waals surface area contributed by atoms with Gasteiger partial charge >= 0.3 is 0 Å². The molecule has 1 N–H and O–H groups in total. The van der Waals surface area contributed by atoms with Crippen LogP contribution in [0.1, 0.15) is 22.8 Å². The molecule has 0 bridgehead atoms. The van der Waals surface area contributed by atoms with Gasteiger partial charge in [0.2, 0.25) is 0 Å². The van der Waals surface area contributed by atoms with Crippen molar-refractivity contribution in [3.63, 3.8) is 0 Å². The molecule has 0 unspecified atom stereocenters. The molecule has 0 aliphatic carbocycles. The Hall–Kier alpha value is -3.14. The predicted molar refractivity (Wildman–Crippen MR) is 95.4 cm³/mol. The number of hydrogen-bond donors (Lipinski definition) is 1. The van der Waals surface area contributed by atoms with Crippen molar-refractivity contribution in [3.8, 4) is 5.75 Å². The molecule has 0 amide bonds. The Kier molecular flexibility index (Phi) is 4.29. The van der Waals surface area contributed by atoms with E-state index in [0.29, 0.717) is 17.4 Å². The van der Waals surface area contributed by atoms with Crippen LogP contribution in [0.25, 0.3) is 17.0 Å². The largest absolute Gasteiger partial charge is 0.506 e. The Morgan fingerprint density at radius 3 is 2.46 bits per heavy atom. The fourth-order valence-electron chi connectivity index (χ4n) is 2.75. The molecule has 3 aromatic rings. The van der Waals surface area contributed by atoms with E-state index in [1.165, 1.54) is 10.6 Å². The number of carbonyl (C=O) groups is 1. The fraction of sp³-hybridized carbons (Fsp3) is 0.100. The summed E-state index contributed by atoms with van der Waals surface area (Å²) in [5, 5.41) is 10.9. The lowest BCUT2D eigenvalue weighted by Crippen LogP contribution is -2.26. The van der Waals surface area contributed by atoms with Crippen LogP contribution in [0.3, 0.4) is 0 Å². The number of allylic oxidation sites excluding steroid dienone is 1. The van der Waals surface area contributed by atoms with Crippen molar-refractivity contribution in [1.82, 2.24) is 4.57 Å². The summed E-state index contributed by atoms with van der Waals surface area (Å²) >= 11 is 0. The highest BCUT2D eigenvalue weighted by Gasteiger charge is 2.19. The lowest BCUT2D eigenvalue weighted by Gasteiger charge is -2.12. The molecule has 2 aromatic carbocycles. The van der Waals surface area contributed by atoms with Crippen molar-refractivity contribution in [1.29, 1.82) is 0 Å². The molecule has 0 saturated heterocycles. The lowest BCUT2D eigenvalue weighted by molar-refractivity contribution is 0.104. The van der Waals surface area contributed by atoms with Crippen molar-refractivity contribution in [2.75, 3.05) is 0 Å². The van der Waals surface area contributed by atoms with E-state index in [9.17, 15) is 14.7 Å². The highest BCUT2D eigenvalue weighted by atomic mass is 16.3. The maximum Gasteiger partial charge on any atom is 0.266 e. The highest BCUT2D eigenvalue weighted by Crippen LogP contribution is 2.26. The zero-order chi connectivity index (χ0) is 17.1. The molecule has 1 aromatic heterocycles. The van der Waals surface area contributed by atoms with E-state index in [1.807, 2.05) is 37.3 Å². The number of carbonyl (C=O) groups excluding carboxylic acids is 1. The number of hydrogen-bond acceptors (Lipinski definition) is 3. The van der Waals surface area contributed by atoms with Gasteiger partial charge < -0.3 is 9.67 Å². The van der Waals surface area contributed by atoms with Gasteiger partial charge in [-0.25, -0.2) is 0 Å². The van der Waals surface area contributed by atoms with E-state index < -0.39 is 11.3 Å². The number of para-hydroxylation sites is 1. The first kappa shape index (κ1) is 15.7. The number of ketones is 1. The monoisotopic (exact) mass is 319 g/mol. The Morgan fingerprint density at radius 1 is 1.08 bits per heavy atom. The van der Waals surface area contributed by atoms with Crippen LogP contribution < -0.4 is 5.56 Å². The summed E-state index contributed by atoms with van der Waals surface area (Å²) in [4.78, 5) is 25.1. The number of aromatic nitrogens is 1. The zero-order valence-corrected chi connectivity index (χ0v) is 13.3. The van der Waals surface area contributed by atoms with E-state index in [1.54, 1.807) is 30.3 Å². The summed E-state index contributed by atoms with van der Waals surface area (Å²) in [6.07, 6.45) is 2.95. The second kappa shape index (κ2) is 6.54. The molecular weight excluding hydrogens is 302 g/mol. The number of nitrogens with zero attached hydrogens (tertiary/aromatic N) is 1. The topological polar surface area (TPSA) is 59.3 Å². The van der Waals surface area contributed by atoms with Crippen LogP contribution in [0.5, 0.6) is 5.75 Å². The smallest absolute Gasteiger partial charge is 0.266 e. The van der Waals surface area contributed by atoms with Gasteiger partial charge in [-0.3, -0.25) is 9.59 Å². The fourth-order valence-corrected chi connectivity index (χ4v) is 2.75. The first-order valence-electron chi connectivity index (χ1n) is 7.75. The number of pyridine rings is 1. The number of aromatic hydroxyl groups is 1. The summed E-state index contributed by atoms with van der Waals surface area (Å²) in [7, 11) is 0. The Bertz CT molecular complexity index is 985. The van der Waals surface area contributed by atoms with Crippen molar-refractivity contribution < 1.29 is 9.90 Å². The summed E-state index contributed by atoms with van der Waals surface area (Å²) in [5.74, 6) is -0.766. The molecule has 0 fully saturated rings. The summed E-state index contributed by atoms with van der Waals surface area (Å²) < 4.78 is 1.50. The minimum absolute atomic E-state index is 0.192.